The molecule has 1 aliphatic carbocycles. The molecule has 0 saturated carbocycles. The number of rotatable bonds is 1. The molecule has 20 heavy (non-hydrogen) atoms. The topological polar surface area (TPSA) is 82.8 Å². The SMILES string of the molecule is O=Nc1c2n3c(F)c[nH]c3c(O)nc-2c2ccccc12. The minimum absolute atomic E-state index is 0.0789. The lowest BCUT2D eigenvalue weighted by atomic mass is 10.2. The zero-order chi connectivity index (χ0) is 13.9. The van der Waals surface area contributed by atoms with E-state index in [0.717, 1.165) is 10.6 Å². The minimum Gasteiger partial charge on any atom is -0.491 e. The number of H-pyrrole nitrogens is 1. The molecule has 0 unspecified atom stereocenters. The van der Waals surface area contributed by atoms with Crippen molar-refractivity contribution in [2.45, 2.75) is 0 Å². The zero-order valence-electron chi connectivity index (χ0n) is 9.96. The summed E-state index contributed by atoms with van der Waals surface area (Å²) in [5.74, 6) is -0.975. The molecule has 2 aliphatic rings. The van der Waals surface area contributed by atoms with Crippen molar-refractivity contribution < 1.29 is 9.50 Å². The lowest BCUT2D eigenvalue weighted by molar-refractivity contribution is 0.455. The number of hydrogen-bond acceptors (Lipinski definition) is 4. The second-order valence-corrected chi connectivity index (χ2v) is 4.41. The monoisotopic (exact) mass is 270 g/mol. The van der Waals surface area contributed by atoms with E-state index in [2.05, 4.69) is 15.1 Å². The molecule has 2 aromatic rings. The highest BCUT2D eigenvalue weighted by atomic mass is 19.1. The van der Waals surface area contributed by atoms with E-state index in [0.29, 0.717) is 16.5 Å². The molecule has 0 fully saturated rings. The number of imidazole rings is 1. The van der Waals surface area contributed by atoms with Gasteiger partial charge in [0.1, 0.15) is 17.1 Å². The van der Waals surface area contributed by atoms with Crippen molar-refractivity contribution >= 4 is 22.1 Å². The molecule has 1 aliphatic heterocycles. The van der Waals surface area contributed by atoms with Crippen molar-refractivity contribution in [3.05, 3.63) is 41.3 Å². The number of aromatic amines is 1. The number of hydrogen-bond donors (Lipinski definition) is 2. The first kappa shape index (κ1) is 10.9. The highest BCUT2D eigenvalue weighted by Crippen LogP contribution is 2.45. The Bertz CT molecular complexity index is 956. The van der Waals surface area contributed by atoms with Crippen molar-refractivity contribution in [2.75, 3.05) is 0 Å². The van der Waals surface area contributed by atoms with Crippen LogP contribution in [-0.2, 0) is 0 Å². The smallest absolute Gasteiger partial charge is 0.254 e. The van der Waals surface area contributed by atoms with Gasteiger partial charge in [-0.2, -0.15) is 4.39 Å². The summed E-state index contributed by atoms with van der Waals surface area (Å²) in [6, 6.07) is 6.99. The molecule has 1 aromatic heterocycles. The highest BCUT2D eigenvalue weighted by Gasteiger charge is 2.26. The maximum Gasteiger partial charge on any atom is 0.254 e. The van der Waals surface area contributed by atoms with Gasteiger partial charge >= 0.3 is 0 Å². The van der Waals surface area contributed by atoms with E-state index in [4.69, 9.17) is 0 Å². The molecule has 0 radical (unpaired) electrons. The number of nitrogens with zero attached hydrogens (tertiary/aromatic N) is 3. The van der Waals surface area contributed by atoms with E-state index < -0.39 is 5.95 Å². The third-order valence-corrected chi connectivity index (χ3v) is 3.40. The van der Waals surface area contributed by atoms with Crippen LogP contribution in [0, 0.1) is 10.9 Å². The minimum atomic E-state index is -0.636. The van der Waals surface area contributed by atoms with Crippen LogP contribution in [0.25, 0.3) is 27.8 Å². The molecule has 0 bridgehead atoms. The molecular formula is C13H7FN4O2. The van der Waals surface area contributed by atoms with Crippen molar-refractivity contribution in [3.63, 3.8) is 0 Å². The second-order valence-electron chi connectivity index (χ2n) is 4.41. The summed E-state index contributed by atoms with van der Waals surface area (Å²) < 4.78 is 15.1. The first-order valence-corrected chi connectivity index (χ1v) is 5.84. The van der Waals surface area contributed by atoms with E-state index in [1.165, 1.54) is 0 Å². The quantitative estimate of drug-likeness (QED) is 0.521. The fourth-order valence-corrected chi connectivity index (χ4v) is 2.59. The summed E-state index contributed by atoms with van der Waals surface area (Å²) in [4.78, 5) is 17.8. The van der Waals surface area contributed by atoms with Gasteiger partial charge < -0.3 is 10.1 Å². The lowest BCUT2D eigenvalue weighted by Gasteiger charge is -2.06. The van der Waals surface area contributed by atoms with E-state index in [1.54, 1.807) is 24.3 Å². The third kappa shape index (κ3) is 1.14. The molecule has 98 valence electrons. The van der Waals surface area contributed by atoms with Gasteiger partial charge in [0, 0.05) is 10.8 Å². The van der Waals surface area contributed by atoms with Crippen molar-refractivity contribution in [1.82, 2.24) is 14.4 Å². The van der Waals surface area contributed by atoms with Crippen LogP contribution in [0.15, 0.2) is 35.6 Å². The molecule has 2 heterocycles. The van der Waals surface area contributed by atoms with E-state index >= 15 is 0 Å². The summed E-state index contributed by atoms with van der Waals surface area (Å²) in [6.45, 7) is 0. The van der Waals surface area contributed by atoms with Gasteiger partial charge in [0.25, 0.3) is 5.88 Å². The number of nitrogens with one attached hydrogen (secondary N) is 1. The summed E-state index contributed by atoms with van der Waals surface area (Å²) >= 11 is 0. The van der Waals surface area contributed by atoms with Crippen LogP contribution in [0.2, 0.25) is 0 Å². The van der Waals surface area contributed by atoms with E-state index in [1.807, 2.05) is 0 Å². The van der Waals surface area contributed by atoms with Crippen LogP contribution in [0.4, 0.5) is 10.1 Å². The standard InChI is InChI=1S/C13H7FN4O2/c14-8-5-15-12-13(19)16-9-6-3-1-2-4-7(6)10(17-20)11(9)18(8)12/h1-5,15,19H. The maximum atomic E-state index is 14.0. The van der Waals surface area contributed by atoms with Crippen LogP contribution in [0.3, 0.4) is 0 Å². The zero-order valence-corrected chi connectivity index (χ0v) is 9.96. The van der Waals surface area contributed by atoms with Crippen LogP contribution in [0.5, 0.6) is 5.88 Å². The van der Waals surface area contributed by atoms with Crippen LogP contribution < -0.4 is 0 Å². The molecule has 2 N–H and O–H groups in total. The molecule has 1 aromatic carbocycles. The molecule has 4 rings (SSSR count). The van der Waals surface area contributed by atoms with E-state index in [-0.39, 0.29) is 22.9 Å². The van der Waals surface area contributed by atoms with Gasteiger partial charge in [-0.25, -0.2) is 4.98 Å². The summed E-state index contributed by atoms with van der Waals surface area (Å²) in [5, 5.41) is 14.1. The summed E-state index contributed by atoms with van der Waals surface area (Å²) in [6.07, 6.45) is 1.09. The number of aromatic nitrogens is 3. The Kier molecular flexibility index (Phi) is 1.93. The predicted molar refractivity (Wildman–Crippen MR) is 70.7 cm³/mol. The summed E-state index contributed by atoms with van der Waals surface area (Å²) in [7, 11) is 0. The van der Waals surface area contributed by atoms with E-state index in [9.17, 15) is 14.4 Å². The number of fused-ring (bicyclic) bond motifs is 5. The third-order valence-electron chi connectivity index (χ3n) is 3.40. The first-order valence-electron chi connectivity index (χ1n) is 5.84. The molecule has 0 spiro atoms. The van der Waals surface area contributed by atoms with Gasteiger partial charge in [0.15, 0.2) is 5.65 Å². The van der Waals surface area contributed by atoms with Crippen LogP contribution >= 0.6 is 0 Å². The van der Waals surface area contributed by atoms with Gasteiger partial charge in [-0.15, -0.1) is 4.91 Å². The average Bonchev–Trinajstić information content (AvgIpc) is 2.98. The molecule has 0 atom stereocenters. The molecular weight excluding hydrogens is 263 g/mol. The van der Waals surface area contributed by atoms with Crippen molar-refractivity contribution in [1.29, 1.82) is 0 Å². The summed E-state index contributed by atoms with van der Waals surface area (Å²) in [5.41, 5.74) is 0.767. The van der Waals surface area contributed by atoms with Gasteiger partial charge in [0.05, 0.1) is 6.20 Å². The Hall–Kier alpha value is -2.96. The predicted octanol–water partition coefficient (Wildman–Crippen LogP) is 3.16. The Morgan fingerprint density at radius 2 is 2.05 bits per heavy atom. The molecule has 0 saturated heterocycles. The fourth-order valence-electron chi connectivity index (χ4n) is 2.59. The number of aromatic hydroxyl groups is 1. The first-order chi connectivity index (χ1) is 9.72. The highest BCUT2D eigenvalue weighted by molar-refractivity contribution is 6.10. The Balaban J connectivity index is 2.39. The number of nitroso groups, excluding NO2 is 1. The fraction of sp³-hybridized carbons (Fsp3) is 0. The molecule has 7 heteroatoms. The second kappa shape index (κ2) is 3.53. The van der Waals surface area contributed by atoms with Crippen molar-refractivity contribution in [3.8, 4) is 17.3 Å². The van der Waals surface area contributed by atoms with Gasteiger partial charge in [-0.1, -0.05) is 24.3 Å². The number of benzene rings is 1. The Labute approximate surface area is 110 Å². The molecule has 6 nitrogen and oxygen atoms in total. The van der Waals surface area contributed by atoms with Gasteiger partial charge in [-0.05, 0) is 5.18 Å². The van der Waals surface area contributed by atoms with Crippen LogP contribution in [-0.4, -0.2) is 19.5 Å². The lowest BCUT2D eigenvalue weighted by Crippen LogP contribution is -1.97. The maximum absolute atomic E-state index is 14.0. The Morgan fingerprint density at radius 3 is 2.80 bits per heavy atom. The average molecular weight is 270 g/mol. The molecule has 0 amide bonds. The largest absolute Gasteiger partial charge is 0.491 e. The van der Waals surface area contributed by atoms with Crippen LogP contribution in [0.1, 0.15) is 0 Å². The van der Waals surface area contributed by atoms with Gasteiger partial charge in [0.2, 0.25) is 5.95 Å². The normalized spacial score (nSPS) is 11.7. The Morgan fingerprint density at radius 1 is 1.30 bits per heavy atom. The number of halogens is 1. The van der Waals surface area contributed by atoms with Crippen molar-refractivity contribution in [2.24, 2.45) is 5.18 Å². The van der Waals surface area contributed by atoms with Gasteiger partial charge in [-0.3, -0.25) is 4.40 Å².